The largest absolute Gasteiger partial charge is 0.415 e. The first-order chi connectivity index (χ1) is 17.4. The van der Waals surface area contributed by atoms with Gasteiger partial charge in [0.15, 0.2) is 5.75 Å². The van der Waals surface area contributed by atoms with Gasteiger partial charge in [-0.2, -0.15) is 0 Å². The monoisotopic (exact) mass is 502 g/mol. The average molecular weight is 503 g/mol. The first-order valence-electron chi connectivity index (χ1n) is 11.4. The standard InChI is InChI=1S/C28H27ClN4O3/c1-32(18-20-9-5-3-6-10-20)27-30-17-25(26(31-27)22-11-7-4-8-12-22)36-28(35)33(2)19-24(34)21-13-15-23(29)16-14-21/h3-17,24,34H,18-19H2,1-2H3. The van der Waals surface area contributed by atoms with Crippen molar-refractivity contribution in [2.24, 2.45) is 0 Å². The molecular formula is C28H27ClN4O3. The molecule has 0 fully saturated rings. The van der Waals surface area contributed by atoms with Crippen molar-refractivity contribution in [1.29, 1.82) is 0 Å². The molecule has 0 saturated heterocycles. The molecule has 0 radical (unpaired) electrons. The second-order valence-electron chi connectivity index (χ2n) is 8.41. The molecule has 36 heavy (non-hydrogen) atoms. The summed E-state index contributed by atoms with van der Waals surface area (Å²) in [6.45, 7) is 0.666. The number of benzene rings is 3. The van der Waals surface area contributed by atoms with Gasteiger partial charge in [0.25, 0.3) is 0 Å². The summed E-state index contributed by atoms with van der Waals surface area (Å²) in [5, 5.41) is 11.1. The van der Waals surface area contributed by atoms with E-state index in [0.29, 0.717) is 28.8 Å². The summed E-state index contributed by atoms with van der Waals surface area (Å²) in [7, 11) is 3.47. The number of halogens is 1. The molecule has 1 N–H and O–H groups in total. The number of nitrogens with zero attached hydrogens (tertiary/aromatic N) is 4. The molecule has 8 heteroatoms. The molecule has 0 aliphatic heterocycles. The molecule has 7 nitrogen and oxygen atoms in total. The summed E-state index contributed by atoms with van der Waals surface area (Å²) in [5.74, 6) is 0.736. The van der Waals surface area contributed by atoms with Crippen LogP contribution in [0.15, 0.2) is 91.1 Å². The van der Waals surface area contributed by atoms with Crippen molar-refractivity contribution in [2.75, 3.05) is 25.5 Å². The van der Waals surface area contributed by atoms with E-state index in [0.717, 1.165) is 11.1 Å². The molecule has 3 aromatic carbocycles. The number of carbonyl (C=O) groups excluding carboxylic acids is 1. The van der Waals surface area contributed by atoms with Crippen LogP contribution in [0.4, 0.5) is 10.7 Å². The van der Waals surface area contributed by atoms with Crippen molar-refractivity contribution in [3.8, 4) is 17.0 Å². The SMILES string of the molecule is CN(CC(O)c1ccc(Cl)cc1)C(=O)Oc1cnc(N(C)Cc2ccccc2)nc1-c1ccccc1. The van der Waals surface area contributed by atoms with Crippen LogP contribution in [0.5, 0.6) is 5.75 Å². The molecule has 1 aromatic heterocycles. The highest BCUT2D eigenvalue weighted by molar-refractivity contribution is 6.30. The first kappa shape index (κ1) is 25.2. The van der Waals surface area contributed by atoms with Crippen LogP contribution in [-0.2, 0) is 6.54 Å². The van der Waals surface area contributed by atoms with E-state index in [2.05, 4.69) is 4.98 Å². The van der Waals surface area contributed by atoms with E-state index < -0.39 is 12.2 Å². The Morgan fingerprint density at radius 2 is 1.61 bits per heavy atom. The molecular weight excluding hydrogens is 476 g/mol. The second kappa shape index (κ2) is 11.7. The zero-order chi connectivity index (χ0) is 25.5. The van der Waals surface area contributed by atoms with E-state index in [1.165, 1.54) is 11.1 Å². The molecule has 0 spiro atoms. The lowest BCUT2D eigenvalue weighted by molar-refractivity contribution is 0.112. The van der Waals surface area contributed by atoms with Crippen LogP contribution in [0.2, 0.25) is 5.02 Å². The van der Waals surface area contributed by atoms with E-state index in [9.17, 15) is 9.90 Å². The quantitative estimate of drug-likeness (QED) is 0.338. The van der Waals surface area contributed by atoms with Crippen LogP contribution < -0.4 is 9.64 Å². The number of carbonyl (C=O) groups is 1. The maximum atomic E-state index is 12.9. The van der Waals surface area contributed by atoms with Crippen LogP contribution in [-0.4, -0.2) is 46.7 Å². The maximum Gasteiger partial charge on any atom is 0.415 e. The average Bonchev–Trinajstić information content (AvgIpc) is 2.90. The van der Waals surface area contributed by atoms with E-state index in [1.54, 1.807) is 31.3 Å². The second-order valence-corrected chi connectivity index (χ2v) is 8.84. The van der Waals surface area contributed by atoms with E-state index >= 15 is 0 Å². The smallest absolute Gasteiger partial charge is 0.406 e. The van der Waals surface area contributed by atoms with Crippen LogP contribution in [0.3, 0.4) is 0 Å². The molecule has 184 valence electrons. The highest BCUT2D eigenvalue weighted by Gasteiger charge is 2.21. The number of aliphatic hydroxyl groups excluding tert-OH is 1. The predicted molar refractivity (Wildman–Crippen MR) is 141 cm³/mol. The van der Waals surface area contributed by atoms with E-state index in [4.69, 9.17) is 21.3 Å². The van der Waals surface area contributed by atoms with E-state index in [-0.39, 0.29) is 12.3 Å². The highest BCUT2D eigenvalue weighted by atomic mass is 35.5. The Hall–Kier alpha value is -3.94. The van der Waals surface area contributed by atoms with Crippen molar-refractivity contribution in [2.45, 2.75) is 12.6 Å². The van der Waals surface area contributed by atoms with Crippen LogP contribution in [0, 0.1) is 0 Å². The Balaban J connectivity index is 1.53. The lowest BCUT2D eigenvalue weighted by atomic mass is 10.1. The summed E-state index contributed by atoms with van der Waals surface area (Å²) >= 11 is 5.92. The number of aromatic nitrogens is 2. The number of hydrogen-bond donors (Lipinski definition) is 1. The lowest BCUT2D eigenvalue weighted by Crippen LogP contribution is -2.33. The summed E-state index contributed by atoms with van der Waals surface area (Å²) in [4.78, 5) is 25.3. The van der Waals surface area contributed by atoms with Gasteiger partial charge in [-0.05, 0) is 23.3 Å². The van der Waals surface area contributed by atoms with Crippen molar-refractivity contribution in [1.82, 2.24) is 14.9 Å². The number of rotatable bonds is 8. The molecule has 1 heterocycles. The third-order valence-corrected chi connectivity index (χ3v) is 5.86. The third-order valence-electron chi connectivity index (χ3n) is 5.60. The van der Waals surface area contributed by atoms with Gasteiger partial charge in [-0.1, -0.05) is 84.4 Å². The molecule has 0 aliphatic rings. The highest BCUT2D eigenvalue weighted by Crippen LogP contribution is 2.30. The Kier molecular flexibility index (Phi) is 8.15. The Bertz CT molecular complexity index is 1290. The number of anilines is 1. The first-order valence-corrected chi connectivity index (χ1v) is 11.8. The van der Waals surface area contributed by atoms with Gasteiger partial charge in [-0.25, -0.2) is 14.8 Å². The number of ether oxygens (including phenoxy) is 1. The Morgan fingerprint density at radius 3 is 2.28 bits per heavy atom. The van der Waals surface area contributed by atoms with Crippen LogP contribution in [0.1, 0.15) is 17.2 Å². The Morgan fingerprint density at radius 1 is 0.972 bits per heavy atom. The molecule has 1 amide bonds. The Labute approximate surface area is 215 Å². The van der Waals surface area contributed by atoms with Crippen LogP contribution >= 0.6 is 11.6 Å². The van der Waals surface area contributed by atoms with Gasteiger partial charge in [0.2, 0.25) is 5.95 Å². The number of hydrogen-bond acceptors (Lipinski definition) is 6. The van der Waals surface area contributed by atoms with Gasteiger partial charge in [0.1, 0.15) is 5.69 Å². The predicted octanol–water partition coefficient (Wildman–Crippen LogP) is 5.60. The molecule has 0 aliphatic carbocycles. The molecule has 0 saturated carbocycles. The van der Waals surface area contributed by atoms with Crippen molar-refractivity contribution in [3.63, 3.8) is 0 Å². The summed E-state index contributed by atoms with van der Waals surface area (Å²) in [5.41, 5.74) is 3.07. The van der Waals surface area contributed by atoms with Crippen molar-refractivity contribution >= 4 is 23.6 Å². The topological polar surface area (TPSA) is 78.8 Å². The maximum absolute atomic E-state index is 12.9. The van der Waals surface area contributed by atoms with Crippen molar-refractivity contribution in [3.05, 3.63) is 107 Å². The summed E-state index contributed by atoms with van der Waals surface area (Å²) < 4.78 is 5.68. The van der Waals surface area contributed by atoms with Gasteiger partial charge >= 0.3 is 6.09 Å². The zero-order valence-electron chi connectivity index (χ0n) is 20.1. The normalized spacial score (nSPS) is 11.6. The van der Waals surface area contributed by atoms with Gasteiger partial charge in [-0.15, -0.1) is 0 Å². The lowest BCUT2D eigenvalue weighted by Gasteiger charge is -2.22. The third kappa shape index (κ3) is 6.38. The minimum atomic E-state index is -0.890. The summed E-state index contributed by atoms with van der Waals surface area (Å²) in [6, 6.07) is 26.3. The molecule has 1 unspecified atom stereocenters. The fourth-order valence-corrected chi connectivity index (χ4v) is 3.77. The number of amides is 1. The van der Waals surface area contributed by atoms with Gasteiger partial charge in [0, 0.05) is 31.2 Å². The molecule has 4 aromatic rings. The van der Waals surface area contributed by atoms with Gasteiger partial charge < -0.3 is 19.6 Å². The molecule has 1 atom stereocenters. The summed E-state index contributed by atoms with van der Waals surface area (Å²) in [6.07, 6.45) is -0.0130. The minimum Gasteiger partial charge on any atom is -0.406 e. The van der Waals surface area contributed by atoms with Gasteiger partial charge in [0.05, 0.1) is 18.8 Å². The number of aliphatic hydroxyl groups is 1. The molecule has 0 bridgehead atoms. The molecule has 4 rings (SSSR count). The fourth-order valence-electron chi connectivity index (χ4n) is 3.65. The van der Waals surface area contributed by atoms with E-state index in [1.807, 2.05) is 72.6 Å². The zero-order valence-corrected chi connectivity index (χ0v) is 20.8. The van der Waals surface area contributed by atoms with Crippen LogP contribution in [0.25, 0.3) is 11.3 Å². The fraction of sp³-hybridized carbons (Fsp3) is 0.179. The van der Waals surface area contributed by atoms with Gasteiger partial charge in [-0.3, -0.25) is 0 Å². The minimum absolute atomic E-state index is 0.0416. The number of likely N-dealkylation sites (N-methyl/N-ethyl adjacent to an activating group) is 1. The van der Waals surface area contributed by atoms with Crippen molar-refractivity contribution < 1.29 is 14.6 Å².